The SMILES string of the molecule is CNC1CCCN(S(=O)(=O)c2ccc(OC)c3ccccc23)C1.Cl. The van der Waals surface area contributed by atoms with E-state index in [0.29, 0.717) is 29.1 Å². The van der Waals surface area contributed by atoms with Crippen LogP contribution in [0.3, 0.4) is 0 Å². The van der Waals surface area contributed by atoms with Gasteiger partial charge in [0.2, 0.25) is 10.0 Å². The van der Waals surface area contributed by atoms with E-state index < -0.39 is 10.0 Å². The van der Waals surface area contributed by atoms with Crippen molar-refractivity contribution >= 4 is 33.2 Å². The van der Waals surface area contributed by atoms with E-state index in [4.69, 9.17) is 4.74 Å². The minimum Gasteiger partial charge on any atom is -0.496 e. The molecular weight excluding hydrogens is 348 g/mol. The normalized spacial score (nSPS) is 19.0. The van der Waals surface area contributed by atoms with Crippen molar-refractivity contribution in [2.24, 2.45) is 0 Å². The molecule has 1 aliphatic rings. The van der Waals surface area contributed by atoms with Gasteiger partial charge in [-0.15, -0.1) is 12.4 Å². The first kappa shape index (κ1) is 19.0. The Balaban J connectivity index is 0.00000208. The predicted molar refractivity (Wildman–Crippen MR) is 98.6 cm³/mol. The summed E-state index contributed by atoms with van der Waals surface area (Å²) in [6.07, 6.45) is 1.88. The van der Waals surface area contributed by atoms with Crippen LogP contribution in [0.25, 0.3) is 10.8 Å². The first-order valence-electron chi connectivity index (χ1n) is 7.81. The van der Waals surface area contributed by atoms with Gasteiger partial charge >= 0.3 is 0 Å². The lowest BCUT2D eigenvalue weighted by Gasteiger charge is -2.32. The van der Waals surface area contributed by atoms with Crippen LogP contribution in [0.1, 0.15) is 12.8 Å². The van der Waals surface area contributed by atoms with Crippen LogP contribution in [-0.2, 0) is 10.0 Å². The molecule has 2 aromatic carbocycles. The average molecular weight is 371 g/mol. The van der Waals surface area contributed by atoms with Gasteiger partial charge in [-0.05, 0) is 32.0 Å². The van der Waals surface area contributed by atoms with Crippen LogP contribution < -0.4 is 10.1 Å². The maximum absolute atomic E-state index is 13.1. The fourth-order valence-electron chi connectivity index (χ4n) is 3.18. The maximum atomic E-state index is 13.1. The number of likely N-dealkylation sites (N-methyl/N-ethyl adjacent to an activating group) is 1. The maximum Gasteiger partial charge on any atom is 0.243 e. The fourth-order valence-corrected chi connectivity index (χ4v) is 4.90. The molecule has 2 aromatic rings. The van der Waals surface area contributed by atoms with Gasteiger partial charge in [0.05, 0.1) is 12.0 Å². The summed E-state index contributed by atoms with van der Waals surface area (Å²) in [7, 11) is -0.0450. The van der Waals surface area contributed by atoms with Gasteiger partial charge in [0, 0.05) is 29.9 Å². The Kier molecular flexibility index (Phi) is 6.09. The molecule has 1 atom stereocenters. The Bertz CT molecular complexity index is 811. The van der Waals surface area contributed by atoms with Gasteiger partial charge in [0.25, 0.3) is 0 Å². The third kappa shape index (κ3) is 3.37. The molecule has 0 aliphatic carbocycles. The van der Waals surface area contributed by atoms with Crippen molar-refractivity contribution in [1.82, 2.24) is 9.62 Å². The summed E-state index contributed by atoms with van der Waals surface area (Å²) in [6, 6.07) is 11.1. The molecule has 0 aromatic heterocycles. The number of sulfonamides is 1. The van der Waals surface area contributed by atoms with Crippen LogP contribution in [0.4, 0.5) is 0 Å². The van der Waals surface area contributed by atoms with Crippen LogP contribution in [0.2, 0.25) is 0 Å². The number of hydrogen-bond donors (Lipinski definition) is 1. The second-order valence-electron chi connectivity index (χ2n) is 5.80. The van der Waals surface area contributed by atoms with Crippen LogP contribution >= 0.6 is 12.4 Å². The summed E-state index contributed by atoms with van der Waals surface area (Å²) in [5.41, 5.74) is 0. The number of ether oxygens (including phenoxy) is 1. The Morgan fingerprint density at radius 1 is 1.17 bits per heavy atom. The zero-order chi connectivity index (χ0) is 16.4. The predicted octanol–water partition coefficient (Wildman–Crippen LogP) is 2.64. The molecule has 0 spiro atoms. The van der Waals surface area contributed by atoms with Gasteiger partial charge in [-0.1, -0.05) is 24.3 Å². The molecule has 1 saturated heterocycles. The Labute approximate surface area is 149 Å². The highest BCUT2D eigenvalue weighted by Gasteiger charge is 2.31. The lowest BCUT2D eigenvalue weighted by molar-refractivity contribution is 0.293. The van der Waals surface area contributed by atoms with E-state index in [1.54, 1.807) is 23.5 Å². The first-order chi connectivity index (χ1) is 11.1. The molecule has 132 valence electrons. The van der Waals surface area contributed by atoms with E-state index in [1.807, 2.05) is 31.3 Å². The number of nitrogens with one attached hydrogen (secondary N) is 1. The number of rotatable bonds is 4. The van der Waals surface area contributed by atoms with Gasteiger partial charge in [0.1, 0.15) is 5.75 Å². The highest BCUT2D eigenvalue weighted by Crippen LogP contribution is 2.33. The van der Waals surface area contributed by atoms with E-state index in [0.717, 1.165) is 18.2 Å². The number of piperidine rings is 1. The third-order valence-corrected chi connectivity index (χ3v) is 6.40. The van der Waals surface area contributed by atoms with E-state index in [2.05, 4.69) is 5.32 Å². The van der Waals surface area contributed by atoms with Gasteiger partial charge in [-0.3, -0.25) is 0 Å². The number of fused-ring (bicyclic) bond motifs is 1. The third-order valence-electron chi connectivity index (χ3n) is 4.47. The molecule has 1 unspecified atom stereocenters. The zero-order valence-corrected chi connectivity index (χ0v) is 15.5. The molecule has 1 N–H and O–H groups in total. The van der Waals surface area contributed by atoms with E-state index >= 15 is 0 Å². The topological polar surface area (TPSA) is 58.6 Å². The molecular formula is C17H23ClN2O3S. The number of nitrogens with zero attached hydrogens (tertiary/aromatic N) is 1. The van der Waals surface area contributed by atoms with Gasteiger partial charge < -0.3 is 10.1 Å². The molecule has 0 saturated carbocycles. The minimum atomic E-state index is -3.52. The summed E-state index contributed by atoms with van der Waals surface area (Å²) in [4.78, 5) is 0.352. The lowest BCUT2D eigenvalue weighted by atomic mass is 10.1. The molecule has 0 radical (unpaired) electrons. The van der Waals surface area contributed by atoms with Crippen LogP contribution in [0.5, 0.6) is 5.75 Å². The quantitative estimate of drug-likeness (QED) is 0.898. The average Bonchev–Trinajstić information content (AvgIpc) is 2.60. The van der Waals surface area contributed by atoms with Crippen LogP contribution in [0, 0.1) is 0 Å². The van der Waals surface area contributed by atoms with Crippen molar-refractivity contribution in [2.75, 3.05) is 27.2 Å². The standard InChI is InChI=1S/C17H22N2O3S.ClH/c1-18-13-6-5-11-19(12-13)23(20,21)17-10-9-16(22-2)14-7-3-4-8-15(14)17;/h3-4,7-10,13,18H,5-6,11-12H2,1-2H3;1H. The highest BCUT2D eigenvalue weighted by molar-refractivity contribution is 7.89. The van der Waals surface area contributed by atoms with E-state index in [9.17, 15) is 8.42 Å². The molecule has 3 rings (SSSR count). The van der Waals surface area contributed by atoms with Gasteiger partial charge in [0.15, 0.2) is 0 Å². The van der Waals surface area contributed by atoms with E-state index in [1.165, 1.54) is 0 Å². The summed E-state index contributed by atoms with van der Waals surface area (Å²) >= 11 is 0. The molecule has 0 amide bonds. The Hall–Kier alpha value is -1.34. The smallest absolute Gasteiger partial charge is 0.243 e. The van der Waals surface area contributed by atoms with Crippen molar-refractivity contribution in [1.29, 1.82) is 0 Å². The van der Waals surface area contributed by atoms with Crippen molar-refractivity contribution in [3.63, 3.8) is 0 Å². The minimum absolute atomic E-state index is 0. The number of hydrogen-bond acceptors (Lipinski definition) is 4. The molecule has 7 heteroatoms. The highest BCUT2D eigenvalue weighted by atomic mass is 35.5. The van der Waals surface area contributed by atoms with Gasteiger partial charge in [-0.25, -0.2) is 8.42 Å². The second kappa shape index (κ2) is 7.70. The summed E-state index contributed by atoms with van der Waals surface area (Å²) in [6.45, 7) is 1.08. The Morgan fingerprint density at radius 3 is 2.54 bits per heavy atom. The first-order valence-corrected chi connectivity index (χ1v) is 9.25. The molecule has 5 nitrogen and oxygen atoms in total. The van der Waals surface area contributed by atoms with Crippen LogP contribution in [-0.4, -0.2) is 46.0 Å². The Morgan fingerprint density at radius 2 is 1.88 bits per heavy atom. The number of benzene rings is 2. The van der Waals surface area contributed by atoms with Gasteiger partial charge in [-0.2, -0.15) is 4.31 Å². The second-order valence-corrected chi connectivity index (χ2v) is 7.71. The molecule has 1 aliphatic heterocycles. The summed E-state index contributed by atoms with van der Waals surface area (Å²) < 4.78 is 33.2. The molecule has 24 heavy (non-hydrogen) atoms. The molecule has 0 bridgehead atoms. The summed E-state index contributed by atoms with van der Waals surface area (Å²) in [5, 5.41) is 4.71. The van der Waals surface area contributed by atoms with E-state index in [-0.39, 0.29) is 18.4 Å². The monoisotopic (exact) mass is 370 g/mol. The van der Waals surface area contributed by atoms with Crippen molar-refractivity contribution in [3.05, 3.63) is 36.4 Å². The van der Waals surface area contributed by atoms with Crippen molar-refractivity contribution in [2.45, 2.75) is 23.8 Å². The molecule has 1 fully saturated rings. The molecule has 1 heterocycles. The number of methoxy groups -OCH3 is 1. The lowest BCUT2D eigenvalue weighted by Crippen LogP contribution is -2.46. The fraction of sp³-hybridized carbons (Fsp3) is 0.412. The van der Waals surface area contributed by atoms with Crippen molar-refractivity contribution < 1.29 is 13.2 Å². The zero-order valence-electron chi connectivity index (χ0n) is 13.9. The summed E-state index contributed by atoms with van der Waals surface area (Å²) in [5.74, 6) is 0.686. The largest absolute Gasteiger partial charge is 0.496 e. The van der Waals surface area contributed by atoms with Crippen LogP contribution in [0.15, 0.2) is 41.3 Å². The number of halogens is 1. The van der Waals surface area contributed by atoms with Crippen molar-refractivity contribution in [3.8, 4) is 5.75 Å².